The van der Waals surface area contributed by atoms with Crippen molar-refractivity contribution < 1.29 is 24.5 Å². The summed E-state index contributed by atoms with van der Waals surface area (Å²) < 4.78 is 5.72. The first-order valence-corrected chi connectivity index (χ1v) is 11.4. The van der Waals surface area contributed by atoms with E-state index >= 15 is 0 Å². The van der Waals surface area contributed by atoms with Crippen LogP contribution in [0.5, 0.6) is 0 Å². The second-order valence-electron chi connectivity index (χ2n) is 9.87. The average Bonchev–Trinajstić information content (AvgIpc) is 3.26. The summed E-state index contributed by atoms with van der Waals surface area (Å²) in [5.41, 5.74) is -0.907. The maximum atomic E-state index is 12.9. The lowest BCUT2D eigenvalue weighted by atomic mass is 9.46. The Morgan fingerprint density at radius 3 is 2.57 bits per heavy atom. The van der Waals surface area contributed by atoms with Crippen LogP contribution in [0.4, 0.5) is 4.79 Å². The van der Waals surface area contributed by atoms with Crippen LogP contribution in [0.1, 0.15) is 58.8 Å². The molecule has 1 saturated heterocycles. The van der Waals surface area contributed by atoms with Crippen molar-refractivity contribution in [3.8, 4) is 0 Å². The Bertz CT molecular complexity index is 650. The molecule has 3 fully saturated rings. The van der Waals surface area contributed by atoms with Crippen LogP contribution in [0.25, 0.3) is 0 Å². The quantitative estimate of drug-likeness (QED) is 0.571. The number of carbonyl (C=O) groups is 2. The fourth-order valence-electron chi connectivity index (χ4n) is 6.39. The molecule has 0 radical (unpaired) electrons. The number of alkyl carbamates (subject to hydrolysis) is 1. The van der Waals surface area contributed by atoms with Gasteiger partial charge in [-0.2, -0.15) is 0 Å². The van der Waals surface area contributed by atoms with Gasteiger partial charge in [-0.15, -0.1) is 6.58 Å². The monoisotopic (exact) mass is 422 g/mol. The first-order chi connectivity index (χ1) is 14.3. The molecule has 3 rings (SSSR count). The minimum Gasteiger partial charge on any atom is -0.446 e. The van der Waals surface area contributed by atoms with Gasteiger partial charge in [-0.1, -0.05) is 19.9 Å². The van der Waals surface area contributed by atoms with Crippen molar-refractivity contribution in [1.82, 2.24) is 10.2 Å². The third-order valence-electron chi connectivity index (χ3n) is 8.17. The standard InChI is InChI=1S/C23H38N2O5/c1-4-11-24-21(29)30-19-9-10-22(2)16(14-20(28)25-12-5-6-13-25)17(27)7-8-18(22)23(19,3)15-26/h4,16-19,26-27H,1,5-15H2,2-3H3,(H,24,29). The van der Waals surface area contributed by atoms with Gasteiger partial charge in [-0.05, 0) is 55.8 Å². The molecule has 0 spiro atoms. The van der Waals surface area contributed by atoms with Crippen LogP contribution in [-0.2, 0) is 9.53 Å². The summed E-state index contributed by atoms with van der Waals surface area (Å²) in [6.07, 6.45) is 5.32. The molecular formula is C23H38N2O5. The number of amides is 2. The van der Waals surface area contributed by atoms with E-state index in [1.807, 2.05) is 11.8 Å². The van der Waals surface area contributed by atoms with Crippen LogP contribution in [0.15, 0.2) is 12.7 Å². The molecule has 6 unspecified atom stereocenters. The fraction of sp³-hybridized carbons (Fsp3) is 0.826. The summed E-state index contributed by atoms with van der Waals surface area (Å²) in [6.45, 7) is 9.58. The number of nitrogens with zero attached hydrogens (tertiary/aromatic N) is 1. The highest BCUT2D eigenvalue weighted by Crippen LogP contribution is 2.61. The zero-order valence-corrected chi connectivity index (χ0v) is 18.4. The normalized spacial score (nSPS) is 38.6. The number of hydrogen-bond acceptors (Lipinski definition) is 5. The van der Waals surface area contributed by atoms with E-state index in [0.717, 1.165) is 38.8 Å². The van der Waals surface area contributed by atoms with Crippen molar-refractivity contribution in [2.75, 3.05) is 26.2 Å². The molecule has 30 heavy (non-hydrogen) atoms. The number of nitrogens with one attached hydrogen (secondary N) is 1. The Morgan fingerprint density at radius 2 is 1.93 bits per heavy atom. The molecule has 0 aromatic rings. The lowest BCUT2D eigenvalue weighted by molar-refractivity contribution is -0.187. The number of carbonyl (C=O) groups excluding carboxylic acids is 2. The molecule has 2 saturated carbocycles. The zero-order valence-electron chi connectivity index (χ0n) is 18.4. The number of aliphatic hydroxyl groups is 2. The third kappa shape index (κ3) is 4.24. The lowest BCUT2D eigenvalue weighted by Gasteiger charge is -2.60. The van der Waals surface area contributed by atoms with Gasteiger partial charge < -0.3 is 25.2 Å². The highest BCUT2D eigenvalue weighted by molar-refractivity contribution is 5.77. The third-order valence-corrected chi connectivity index (χ3v) is 8.17. The number of ether oxygens (including phenoxy) is 1. The van der Waals surface area contributed by atoms with Gasteiger partial charge in [-0.3, -0.25) is 4.79 Å². The summed E-state index contributed by atoms with van der Waals surface area (Å²) in [5, 5.41) is 23.9. The molecule has 1 aliphatic heterocycles. The van der Waals surface area contributed by atoms with Gasteiger partial charge in [0, 0.05) is 31.5 Å². The first-order valence-electron chi connectivity index (χ1n) is 11.4. The summed E-state index contributed by atoms with van der Waals surface area (Å²) in [7, 11) is 0. The van der Waals surface area contributed by atoms with Crippen LogP contribution in [-0.4, -0.2) is 65.6 Å². The van der Waals surface area contributed by atoms with Crippen molar-refractivity contribution in [3.05, 3.63) is 12.7 Å². The SMILES string of the molecule is C=CCNC(=O)OC1CCC2(C)C(CC(=O)N3CCCC3)C(O)CCC2C1(C)CO. The molecule has 2 amide bonds. The van der Waals surface area contributed by atoms with E-state index in [4.69, 9.17) is 4.74 Å². The summed E-state index contributed by atoms with van der Waals surface area (Å²) in [5.74, 6) is 0.0396. The largest absolute Gasteiger partial charge is 0.446 e. The Kier molecular flexibility index (Phi) is 7.13. The second-order valence-corrected chi connectivity index (χ2v) is 9.87. The first kappa shape index (κ1) is 23.1. The average molecular weight is 423 g/mol. The van der Waals surface area contributed by atoms with Crippen molar-refractivity contribution in [3.63, 3.8) is 0 Å². The van der Waals surface area contributed by atoms with E-state index in [1.54, 1.807) is 6.08 Å². The molecule has 1 heterocycles. The molecule has 7 nitrogen and oxygen atoms in total. The maximum absolute atomic E-state index is 12.9. The summed E-state index contributed by atoms with van der Waals surface area (Å²) in [6, 6.07) is 0. The van der Waals surface area contributed by atoms with E-state index in [1.165, 1.54) is 0 Å². The van der Waals surface area contributed by atoms with Gasteiger partial charge in [0.25, 0.3) is 0 Å². The second kappa shape index (κ2) is 9.27. The van der Waals surface area contributed by atoms with Gasteiger partial charge in [0.1, 0.15) is 6.10 Å². The summed E-state index contributed by atoms with van der Waals surface area (Å²) in [4.78, 5) is 27.0. The van der Waals surface area contributed by atoms with Gasteiger partial charge in [0.05, 0.1) is 12.7 Å². The highest BCUT2D eigenvalue weighted by atomic mass is 16.6. The van der Waals surface area contributed by atoms with E-state index in [9.17, 15) is 19.8 Å². The van der Waals surface area contributed by atoms with Crippen molar-refractivity contribution >= 4 is 12.0 Å². The number of likely N-dealkylation sites (tertiary alicyclic amines) is 1. The zero-order chi connectivity index (χ0) is 21.9. The van der Waals surface area contributed by atoms with E-state index in [0.29, 0.717) is 25.8 Å². The lowest BCUT2D eigenvalue weighted by Crippen LogP contribution is -2.61. The Morgan fingerprint density at radius 1 is 1.23 bits per heavy atom. The molecule has 3 aliphatic rings. The van der Waals surface area contributed by atoms with E-state index < -0.39 is 23.7 Å². The predicted octanol–water partition coefficient (Wildman–Crippen LogP) is 2.47. The smallest absolute Gasteiger partial charge is 0.407 e. The van der Waals surface area contributed by atoms with Crippen LogP contribution >= 0.6 is 0 Å². The van der Waals surface area contributed by atoms with Gasteiger partial charge in [0.2, 0.25) is 5.91 Å². The number of fused-ring (bicyclic) bond motifs is 1. The minimum atomic E-state index is -0.617. The Labute approximate surface area is 179 Å². The molecule has 0 aromatic heterocycles. The van der Waals surface area contributed by atoms with Crippen LogP contribution in [0.3, 0.4) is 0 Å². The maximum Gasteiger partial charge on any atom is 0.407 e. The highest BCUT2D eigenvalue weighted by Gasteiger charge is 2.60. The number of rotatable bonds is 6. The van der Waals surface area contributed by atoms with Crippen LogP contribution in [0.2, 0.25) is 0 Å². The Balaban J connectivity index is 1.79. The molecule has 2 aliphatic carbocycles. The predicted molar refractivity (Wildman–Crippen MR) is 114 cm³/mol. The fourth-order valence-corrected chi connectivity index (χ4v) is 6.39. The molecule has 3 N–H and O–H groups in total. The Hall–Kier alpha value is -1.60. The topological polar surface area (TPSA) is 99.1 Å². The van der Waals surface area contributed by atoms with Gasteiger partial charge >= 0.3 is 6.09 Å². The van der Waals surface area contributed by atoms with Crippen LogP contribution < -0.4 is 5.32 Å². The number of aliphatic hydroxyl groups excluding tert-OH is 2. The van der Waals surface area contributed by atoms with E-state index in [2.05, 4.69) is 18.8 Å². The molecule has 7 heteroatoms. The van der Waals surface area contributed by atoms with Crippen molar-refractivity contribution in [1.29, 1.82) is 0 Å². The molecular weight excluding hydrogens is 384 g/mol. The summed E-state index contributed by atoms with van der Waals surface area (Å²) >= 11 is 0. The molecule has 6 atom stereocenters. The molecule has 170 valence electrons. The van der Waals surface area contributed by atoms with Crippen molar-refractivity contribution in [2.24, 2.45) is 22.7 Å². The van der Waals surface area contributed by atoms with Gasteiger partial charge in [-0.25, -0.2) is 4.79 Å². The van der Waals surface area contributed by atoms with E-state index in [-0.39, 0.29) is 29.8 Å². The number of hydrogen-bond donors (Lipinski definition) is 3. The van der Waals surface area contributed by atoms with Crippen molar-refractivity contribution in [2.45, 2.75) is 71.0 Å². The molecule has 0 aromatic carbocycles. The minimum absolute atomic E-state index is 0.0562. The molecule has 0 bridgehead atoms. The van der Waals surface area contributed by atoms with Gasteiger partial charge in [0.15, 0.2) is 0 Å². The van der Waals surface area contributed by atoms with Crippen LogP contribution in [0, 0.1) is 22.7 Å².